The molecule has 3 rings (SSSR count). The molecule has 0 aromatic heterocycles. The number of amides is 2. The summed E-state index contributed by atoms with van der Waals surface area (Å²) in [4.78, 5) is 26.3. The molecule has 0 aliphatic carbocycles. The Morgan fingerprint density at radius 3 is 2.44 bits per heavy atom. The van der Waals surface area contributed by atoms with Crippen LogP contribution in [-0.4, -0.2) is 16.9 Å². The number of hydrogen-bond donors (Lipinski definition) is 1. The van der Waals surface area contributed by atoms with E-state index in [1.165, 1.54) is 11.0 Å². The molecule has 1 fully saturated rings. The minimum atomic E-state index is -0.557. The van der Waals surface area contributed by atoms with Crippen LogP contribution in [0.2, 0.25) is 10.0 Å². The number of nitrogens with zero attached hydrogens (tertiary/aromatic N) is 1. The SMILES string of the molecule is Cc1ccc(/C=C2/C(=O)NC(=S)N(c3cccc(Cl)c3Cl)C2=O)cc1. The largest absolute Gasteiger partial charge is 0.298 e. The fourth-order valence-corrected chi connectivity index (χ4v) is 3.02. The molecule has 2 amide bonds. The predicted molar refractivity (Wildman–Crippen MR) is 104 cm³/mol. The molecule has 7 heteroatoms. The molecular weight excluding hydrogens is 379 g/mol. The second-order valence-electron chi connectivity index (χ2n) is 5.44. The van der Waals surface area contributed by atoms with E-state index in [0.717, 1.165) is 11.1 Å². The van der Waals surface area contributed by atoms with Crippen molar-refractivity contribution in [1.82, 2.24) is 5.32 Å². The number of anilines is 1. The standard InChI is InChI=1S/C18H12Cl2N2O2S/c1-10-5-7-11(8-6-10)9-12-16(23)21-18(25)22(17(12)24)14-4-2-3-13(19)15(14)20/h2-9H,1H3,(H,21,23,25)/b12-9-. The number of thiocarbonyl (C=S) groups is 1. The smallest absolute Gasteiger partial charge is 0.270 e. The highest BCUT2D eigenvalue weighted by atomic mass is 35.5. The van der Waals surface area contributed by atoms with Crippen LogP contribution in [0.4, 0.5) is 5.69 Å². The number of aryl methyl sites for hydroxylation is 1. The Labute approximate surface area is 160 Å². The normalized spacial score (nSPS) is 16.4. The number of rotatable bonds is 2. The van der Waals surface area contributed by atoms with Crippen LogP contribution in [0.1, 0.15) is 11.1 Å². The molecule has 1 saturated heterocycles. The van der Waals surface area contributed by atoms with Crippen LogP contribution < -0.4 is 10.2 Å². The van der Waals surface area contributed by atoms with E-state index in [-0.39, 0.29) is 20.7 Å². The summed E-state index contributed by atoms with van der Waals surface area (Å²) in [5, 5.41) is 2.95. The van der Waals surface area contributed by atoms with Crippen molar-refractivity contribution in [3.8, 4) is 0 Å². The fraction of sp³-hybridized carbons (Fsp3) is 0.0556. The maximum atomic E-state index is 12.9. The molecule has 4 nitrogen and oxygen atoms in total. The topological polar surface area (TPSA) is 49.4 Å². The van der Waals surface area contributed by atoms with Crippen molar-refractivity contribution in [3.63, 3.8) is 0 Å². The summed E-state index contributed by atoms with van der Waals surface area (Å²) < 4.78 is 0. The van der Waals surface area contributed by atoms with E-state index in [1.807, 2.05) is 31.2 Å². The first-order chi connectivity index (χ1) is 11.9. The maximum absolute atomic E-state index is 12.9. The van der Waals surface area contributed by atoms with Crippen LogP contribution in [0.3, 0.4) is 0 Å². The van der Waals surface area contributed by atoms with Crippen molar-refractivity contribution in [2.75, 3.05) is 4.90 Å². The van der Waals surface area contributed by atoms with Gasteiger partial charge < -0.3 is 0 Å². The Bertz CT molecular complexity index is 923. The molecule has 1 heterocycles. The first-order valence-electron chi connectivity index (χ1n) is 7.30. The van der Waals surface area contributed by atoms with Crippen LogP contribution in [-0.2, 0) is 9.59 Å². The van der Waals surface area contributed by atoms with Gasteiger partial charge in [0.25, 0.3) is 11.8 Å². The summed E-state index contributed by atoms with van der Waals surface area (Å²) in [6, 6.07) is 12.3. The van der Waals surface area contributed by atoms with Crippen molar-refractivity contribution in [1.29, 1.82) is 0 Å². The van der Waals surface area contributed by atoms with Crippen molar-refractivity contribution in [2.24, 2.45) is 0 Å². The van der Waals surface area contributed by atoms with Gasteiger partial charge in [-0.25, -0.2) is 0 Å². The third kappa shape index (κ3) is 3.44. The Balaban J connectivity index is 2.05. The quantitative estimate of drug-likeness (QED) is 0.476. The van der Waals surface area contributed by atoms with Crippen molar-refractivity contribution >= 4 is 64.1 Å². The van der Waals surface area contributed by atoms with Crippen molar-refractivity contribution in [3.05, 3.63) is 69.2 Å². The first kappa shape index (κ1) is 17.6. The average molecular weight is 391 g/mol. The molecule has 1 N–H and O–H groups in total. The van der Waals surface area contributed by atoms with Gasteiger partial charge in [-0.1, -0.05) is 59.1 Å². The molecule has 25 heavy (non-hydrogen) atoms. The summed E-state index contributed by atoms with van der Waals surface area (Å²) in [7, 11) is 0. The second-order valence-corrected chi connectivity index (χ2v) is 6.61. The lowest BCUT2D eigenvalue weighted by Gasteiger charge is -2.29. The van der Waals surface area contributed by atoms with Gasteiger partial charge >= 0.3 is 0 Å². The zero-order valence-corrected chi connectivity index (χ0v) is 15.4. The van der Waals surface area contributed by atoms with Gasteiger partial charge in [-0.2, -0.15) is 0 Å². The monoisotopic (exact) mass is 390 g/mol. The summed E-state index contributed by atoms with van der Waals surface area (Å²) in [5.74, 6) is -1.11. The van der Waals surface area contributed by atoms with Gasteiger partial charge in [0, 0.05) is 0 Å². The highest BCUT2D eigenvalue weighted by molar-refractivity contribution is 7.80. The third-order valence-electron chi connectivity index (χ3n) is 3.66. The van der Waals surface area contributed by atoms with Gasteiger partial charge in [-0.3, -0.25) is 19.8 Å². The highest BCUT2D eigenvalue weighted by Crippen LogP contribution is 2.34. The molecule has 0 radical (unpaired) electrons. The lowest BCUT2D eigenvalue weighted by molar-refractivity contribution is -0.122. The minimum absolute atomic E-state index is 0.0338. The van der Waals surface area contributed by atoms with Crippen LogP contribution in [0.5, 0.6) is 0 Å². The molecule has 1 aliphatic rings. The van der Waals surface area contributed by atoms with Crippen LogP contribution >= 0.6 is 35.4 Å². The van der Waals surface area contributed by atoms with Gasteiger partial charge in [0.1, 0.15) is 5.57 Å². The molecule has 0 atom stereocenters. The van der Waals surface area contributed by atoms with E-state index in [9.17, 15) is 9.59 Å². The summed E-state index contributed by atoms with van der Waals surface area (Å²) in [5.41, 5.74) is 2.09. The number of benzene rings is 2. The van der Waals surface area contributed by atoms with E-state index in [2.05, 4.69) is 5.32 Å². The van der Waals surface area contributed by atoms with E-state index in [1.54, 1.807) is 18.2 Å². The molecule has 0 unspecified atom stereocenters. The predicted octanol–water partition coefficient (Wildman–Crippen LogP) is 4.13. The summed E-state index contributed by atoms with van der Waals surface area (Å²) in [6.07, 6.45) is 1.52. The zero-order chi connectivity index (χ0) is 18.1. The molecular formula is C18H12Cl2N2O2S. The van der Waals surface area contributed by atoms with Crippen LogP contribution in [0.25, 0.3) is 6.08 Å². The molecule has 0 bridgehead atoms. The third-order valence-corrected chi connectivity index (χ3v) is 4.76. The van der Waals surface area contributed by atoms with Gasteiger partial charge in [-0.05, 0) is 42.9 Å². The van der Waals surface area contributed by atoms with Gasteiger partial charge in [0.15, 0.2) is 5.11 Å². The van der Waals surface area contributed by atoms with Gasteiger partial charge in [-0.15, -0.1) is 0 Å². The number of carbonyl (C=O) groups is 2. The Morgan fingerprint density at radius 1 is 1.08 bits per heavy atom. The Hall–Kier alpha value is -2.21. The van der Waals surface area contributed by atoms with Crippen LogP contribution in [0.15, 0.2) is 48.0 Å². The number of hydrogen-bond acceptors (Lipinski definition) is 3. The number of halogens is 2. The average Bonchev–Trinajstić information content (AvgIpc) is 2.57. The minimum Gasteiger partial charge on any atom is -0.298 e. The Kier molecular flexibility index (Phi) is 4.90. The number of nitrogens with one attached hydrogen (secondary N) is 1. The Morgan fingerprint density at radius 2 is 1.76 bits per heavy atom. The second kappa shape index (κ2) is 6.96. The first-order valence-corrected chi connectivity index (χ1v) is 8.47. The van der Waals surface area contributed by atoms with E-state index in [0.29, 0.717) is 5.69 Å². The molecule has 2 aromatic rings. The summed E-state index contributed by atoms with van der Waals surface area (Å²) in [6.45, 7) is 1.96. The van der Waals surface area contributed by atoms with Crippen molar-refractivity contribution in [2.45, 2.75) is 6.92 Å². The highest BCUT2D eigenvalue weighted by Gasteiger charge is 2.35. The summed E-state index contributed by atoms with van der Waals surface area (Å²) >= 11 is 17.4. The van der Waals surface area contributed by atoms with Crippen molar-refractivity contribution < 1.29 is 9.59 Å². The maximum Gasteiger partial charge on any atom is 0.270 e. The van der Waals surface area contributed by atoms with E-state index >= 15 is 0 Å². The number of carbonyl (C=O) groups excluding carboxylic acids is 2. The van der Waals surface area contributed by atoms with Crippen LogP contribution in [0, 0.1) is 6.92 Å². The lowest BCUT2D eigenvalue weighted by atomic mass is 10.1. The molecule has 1 aliphatic heterocycles. The molecule has 0 saturated carbocycles. The lowest BCUT2D eigenvalue weighted by Crippen LogP contribution is -2.54. The molecule has 126 valence electrons. The van der Waals surface area contributed by atoms with E-state index < -0.39 is 11.8 Å². The van der Waals surface area contributed by atoms with Gasteiger partial charge in [0.2, 0.25) is 0 Å². The van der Waals surface area contributed by atoms with E-state index in [4.69, 9.17) is 35.4 Å². The fourth-order valence-electron chi connectivity index (χ4n) is 2.37. The van der Waals surface area contributed by atoms with Gasteiger partial charge in [0.05, 0.1) is 15.7 Å². The molecule has 0 spiro atoms. The zero-order valence-electron chi connectivity index (χ0n) is 13.0. The molecule has 2 aromatic carbocycles.